The average Bonchev–Trinajstić information content (AvgIpc) is 2.67. The number of amides is 1. The molecule has 1 aliphatic carbocycles. The molecule has 1 heterocycles. The van der Waals surface area contributed by atoms with E-state index in [1.54, 1.807) is 0 Å². The molecule has 2 aliphatic rings. The van der Waals surface area contributed by atoms with Gasteiger partial charge in [0.2, 0.25) is 5.91 Å². The van der Waals surface area contributed by atoms with Crippen LogP contribution in [0.2, 0.25) is 0 Å². The summed E-state index contributed by atoms with van der Waals surface area (Å²) in [6.45, 7) is 4.19. The normalized spacial score (nSPS) is 34.0. The van der Waals surface area contributed by atoms with Gasteiger partial charge in [0.15, 0.2) is 0 Å². The van der Waals surface area contributed by atoms with Gasteiger partial charge < -0.3 is 10.6 Å². The highest BCUT2D eigenvalue weighted by Gasteiger charge is 2.42. The topological polar surface area (TPSA) is 41.1 Å². The molecule has 2 N–H and O–H groups in total. The van der Waals surface area contributed by atoms with Gasteiger partial charge in [-0.25, -0.2) is 0 Å². The number of hydrogen-bond donors (Lipinski definition) is 2. The predicted octanol–water partition coefficient (Wildman–Crippen LogP) is 2.61. The SMILES string of the molecule is CC1(C)CCC(NC(=O)C2CCC(C(F)(F)F)CN2)C1. The van der Waals surface area contributed by atoms with Crippen molar-refractivity contribution < 1.29 is 18.0 Å². The molecule has 3 atom stereocenters. The van der Waals surface area contributed by atoms with Gasteiger partial charge in [0.1, 0.15) is 0 Å². The molecule has 0 bridgehead atoms. The summed E-state index contributed by atoms with van der Waals surface area (Å²) < 4.78 is 37.6. The van der Waals surface area contributed by atoms with Crippen LogP contribution in [0, 0.1) is 11.3 Å². The number of hydrogen-bond acceptors (Lipinski definition) is 2. The molecule has 0 radical (unpaired) electrons. The lowest BCUT2D eigenvalue weighted by Crippen LogP contribution is -2.52. The van der Waals surface area contributed by atoms with Crippen LogP contribution >= 0.6 is 0 Å². The van der Waals surface area contributed by atoms with E-state index in [2.05, 4.69) is 24.5 Å². The number of alkyl halides is 3. The molecule has 1 saturated carbocycles. The van der Waals surface area contributed by atoms with Crippen molar-refractivity contribution in [3.63, 3.8) is 0 Å². The van der Waals surface area contributed by atoms with Crippen LogP contribution in [-0.4, -0.2) is 30.7 Å². The fourth-order valence-electron chi connectivity index (χ4n) is 3.22. The van der Waals surface area contributed by atoms with Crippen molar-refractivity contribution in [3.8, 4) is 0 Å². The zero-order valence-electron chi connectivity index (χ0n) is 12.0. The van der Waals surface area contributed by atoms with E-state index in [0.29, 0.717) is 0 Å². The Hall–Kier alpha value is -0.780. The van der Waals surface area contributed by atoms with Crippen molar-refractivity contribution in [2.75, 3.05) is 6.54 Å². The minimum absolute atomic E-state index is 0.0325. The third-order valence-electron chi connectivity index (χ3n) is 4.51. The minimum atomic E-state index is -4.16. The lowest BCUT2D eigenvalue weighted by molar-refractivity contribution is -0.180. The third-order valence-corrected chi connectivity index (χ3v) is 4.51. The number of piperidine rings is 1. The number of nitrogens with one attached hydrogen (secondary N) is 2. The molecule has 0 aromatic rings. The van der Waals surface area contributed by atoms with Crippen molar-refractivity contribution in [1.82, 2.24) is 10.6 Å². The maximum Gasteiger partial charge on any atom is 0.393 e. The second-order valence-electron chi connectivity index (χ2n) is 6.89. The molecule has 2 rings (SSSR count). The number of carbonyl (C=O) groups excluding carboxylic acids is 1. The molecule has 3 nitrogen and oxygen atoms in total. The monoisotopic (exact) mass is 292 g/mol. The Morgan fingerprint density at radius 2 is 1.95 bits per heavy atom. The summed E-state index contributed by atoms with van der Waals surface area (Å²) in [5.41, 5.74) is 0.249. The maximum absolute atomic E-state index is 12.5. The van der Waals surface area contributed by atoms with Gasteiger partial charge in [0, 0.05) is 12.6 Å². The first kappa shape index (κ1) is 15.6. The lowest BCUT2D eigenvalue weighted by Gasteiger charge is -2.31. The highest BCUT2D eigenvalue weighted by molar-refractivity contribution is 5.82. The summed E-state index contributed by atoms with van der Waals surface area (Å²) in [7, 11) is 0. The number of halogens is 3. The minimum Gasteiger partial charge on any atom is -0.352 e. The summed E-state index contributed by atoms with van der Waals surface area (Å²) in [6.07, 6.45) is -0.903. The first-order valence-corrected chi connectivity index (χ1v) is 7.28. The maximum atomic E-state index is 12.5. The Kier molecular flexibility index (Phi) is 4.33. The van der Waals surface area contributed by atoms with Crippen LogP contribution in [0.25, 0.3) is 0 Å². The molecular formula is C14H23F3N2O. The molecule has 116 valence electrons. The summed E-state index contributed by atoms with van der Waals surface area (Å²) in [5, 5.41) is 5.71. The first-order valence-electron chi connectivity index (χ1n) is 7.28. The fourth-order valence-corrected chi connectivity index (χ4v) is 3.22. The van der Waals surface area contributed by atoms with Gasteiger partial charge in [0.25, 0.3) is 0 Å². The molecular weight excluding hydrogens is 269 g/mol. The van der Waals surface area contributed by atoms with Crippen LogP contribution in [0.5, 0.6) is 0 Å². The van der Waals surface area contributed by atoms with Crippen molar-refractivity contribution in [1.29, 1.82) is 0 Å². The van der Waals surface area contributed by atoms with Crippen LogP contribution in [-0.2, 0) is 4.79 Å². The van der Waals surface area contributed by atoms with E-state index in [4.69, 9.17) is 0 Å². The summed E-state index contributed by atoms with van der Waals surface area (Å²) in [5.74, 6) is -1.47. The standard InChI is InChI=1S/C14H23F3N2O/c1-13(2)6-5-10(7-13)19-12(20)11-4-3-9(8-18-11)14(15,16)17/h9-11,18H,3-8H2,1-2H3,(H,19,20). The van der Waals surface area contributed by atoms with Gasteiger partial charge in [-0.1, -0.05) is 13.8 Å². The molecule has 1 saturated heterocycles. The molecule has 1 aliphatic heterocycles. The van der Waals surface area contributed by atoms with Gasteiger partial charge in [-0.2, -0.15) is 13.2 Å². The van der Waals surface area contributed by atoms with E-state index in [0.717, 1.165) is 19.3 Å². The van der Waals surface area contributed by atoms with Gasteiger partial charge in [-0.3, -0.25) is 4.79 Å². The Morgan fingerprint density at radius 3 is 2.40 bits per heavy atom. The molecule has 20 heavy (non-hydrogen) atoms. The zero-order valence-corrected chi connectivity index (χ0v) is 12.0. The average molecular weight is 292 g/mol. The van der Waals surface area contributed by atoms with Gasteiger partial charge in [0.05, 0.1) is 12.0 Å². The summed E-state index contributed by atoms with van der Waals surface area (Å²) in [4.78, 5) is 12.1. The Morgan fingerprint density at radius 1 is 1.25 bits per heavy atom. The molecule has 0 spiro atoms. The summed E-state index contributed by atoms with van der Waals surface area (Å²) >= 11 is 0. The van der Waals surface area contributed by atoms with Crippen LogP contribution in [0.15, 0.2) is 0 Å². The highest BCUT2D eigenvalue weighted by Crippen LogP contribution is 2.37. The highest BCUT2D eigenvalue weighted by atomic mass is 19.4. The van der Waals surface area contributed by atoms with E-state index in [-0.39, 0.29) is 36.8 Å². The number of carbonyl (C=O) groups is 1. The molecule has 3 unspecified atom stereocenters. The van der Waals surface area contributed by atoms with E-state index < -0.39 is 18.1 Å². The Bertz CT molecular complexity index is 360. The Balaban J connectivity index is 1.78. The number of rotatable bonds is 2. The van der Waals surface area contributed by atoms with Crippen LogP contribution < -0.4 is 10.6 Å². The first-order chi connectivity index (χ1) is 9.17. The molecule has 0 aromatic heterocycles. The largest absolute Gasteiger partial charge is 0.393 e. The quantitative estimate of drug-likeness (QED) is 0.821. The van der Waals surface area contributed by atoms with E-state index in [1.807, 2.05) is 0 Å². The van der Waals surface area contributed by atoms with Crippen LogP contribution in [0.3, 0.4) is 0 Å². The van der Waals surface area contributed by atoms with E-state index in [9.17, 15) is 18.0 Å². The van der Waals surface area contributed by atoms with Gasteiger partial charge >= 0.3 is 6.18 Å². The van der Waals surface area contributed by atoms with E-state index >= 15 is 0 Å². The third kappa shape index (κ3) is 3.87. The fraction of sp³-hybridized carbons (Fsp3) is 0.929. The van der Waals surface area contributed by atoms with Crippen molar-refractivity contribution in [2.24, 2.45) is 11.3 Å². The van der Waals surface area contributed by atoms with Gasteiger partial charge in [-0.05, 0) is 37.5 Å². The molecule has 2 fully saturated rings. The van der Waals surface area contributed by atoms with Crippen LogP contribution in [0.4, 0.5) is 13.2 Å². The van der Waals surface area contributed by atoms with Crippen molar-refractivity contribution in [3.05, 3.63) is 0 Å². The smallest absolute Gasteiger partial charge is 0.352 e. The van der Waals surface area contributed by atoms with Crippen molar-refractivity contribution in [2.45, 2.75) is 64.2 Å². The Labute approximate surface area is 117 Å². The zero-order chi connectivity index (χ0) is 15.0. The second-order valence-corrected chi connectivity index (χ2v) is 6.89. The van der Waals surface area contributed by atoms with E-state index in [1.165, 1.54) is 0 Å². The predicted molar refractivity (Wildman–Crippen MR) is 70.1 cm³/mol. The molecule has 6 heteroatoms. The van der Waals surface area contributed by atoms with Gasteiger partial charge in [-0.15, -0.1) is 0 Å². The van der Waals surface area contributed by atoms with Crippen LogP contribution in [0.1, 0.15) is 46.0 Å². The lowest BCUT2D eigenvalue weighted by atomic mass is 9.91. The summed E-state index contributed by atoms with van der Waals surface area (Å²) in [6, 6.07) is -0.308. The van der Waals surface area contributed by atoms with Crippen molar-refractivity contribution >= 4 is 5.91 Å². The second kappa shape index (κ2) is 5.54. The molecule has 1 amide bonds. The molecule has 0 aromatic carbocycles.